The molecule has 0 spiro atoms. The standard InChI is InChI=1S/C16H28N2O3/c1-11-7-5-8-12(2)18(11)15(21)17-10-6-9-16(3,4)13(17)14(19)20/h11-13H,5-10H2,1-4H3,(H,19,20). The van der Waals surface area contributed by atoms with E-state index in [0.717, 1.165) is 32.1 Å². The lowest BCUT2D eigenvalue weighted by Gasteiger charge is -2.48. The molecular formula is C16H28N2O3. The minimum atomic E-state index is -0.884. The number of hydrogen-bond acceptors (Lipinski definition) is 2. The fourth-order valence-corrected chi connectivity index (χ4v) is 4.01. The highest BCUT2D eigenvalue weighted by molar-refractivity contribution is 5.84. The first-order valence-corrected chi connectivity index (χ1v) is 8.07. The number of carboxylic acid groups (broad SMARTS) is 1. The molecule has 2 heterocycles. The molecule has 2 amide bonds. The lowest BCUT2D eigenvalue weighted by Crippen LogP contribution is -2.62. The van der Waals surface area contributed by atoms with Crippen LogP contribution in [0.3, 0.4) is 0 Å². The second kappa shape index (κ2) is 5.85. The number of nitrogens with zero attached hydrogens (tertiary/aromatic N) is 2. The minimum absolute atomic E-state index is 0.0881. The summed E-state index contributed by atoms with van der Waals surface area (Å²) in [4.78, 5) is 28.2. The Hall–Kier alpha value is -1.26. The molecule has 0 aromatic carbocycles. The molecule has 1 N–H and O–H groups in total. The summed E-state index contributed by atoms with van der Waals surface area (Å²) in [5.74, 6) is -0.884. The minimum Gasteiger partial charge on any atom is -0.480 e. The Morgan fingerprint density at radius 2 is 1.67 bits per heavy atom. The van der Waals surface area contributed by atoms with Crippen LogP contribution in [0.25, 0.3) is 0 Å². The highest BCUT2D eigenvalue weighted by Gasteiger charge is 2.46. The van der Waals surface area contributed by atoms with E-state index in [1.165, 1.54) is 0 Å². The molecule has 0 aromatic rings. The Balaban J connectivity index is 2.25. The van der Waals surface area contributed by atoms with E-state index in [0.29, 0.717) is 6.54 Å². The molecule has 0 aromatic heterocycles. The van der Waals surface area contributed by atoms with Crippen LogP contribution in [-0.4, -0.2) is 51.6 Å². The van der Waals surface area contributed by atoms with Crippen molar-refractivity contribution in [3.05, 3.63) is 0 Å². The predicted octanol–water partition coefficient (Wildman–Crippen LogP) is 2.94. The number of urea groups is 1. The van der Waals surface area contributed by atoms with Gasteiger partial charge in [0.25, 0.3) is 0 Å². The van der Waals surface area contributed by atoms with Crippen molar-refractivity contribution in [2.45, 2.75) is 77.9 Å². The molecular weight excluding hydrogens is 268 g/mol. The first kappa shape index (κ1) is 16.1. The van der Waals surface area contributed by atoms with Gasteiger partial charge in [-0.25, -0.2) is 9.59 Å². The van der Waals surface area contributed by atoms with Crippen molar-refractivity contribution in [2.24, 2.45) is 5.41 Å². The van der Waals surface area contributed by atoms with Gasteiger partial charge in [0.1, 0.15) is 6.04 Å². The van der Waals surface area contributed by atoms with Crippen LogP contribution in [0.5, 0.6) is 0 Å². The fourth-order valence-electron chi connectivity index (χ4n) is 4.01. The molecule has 0 aliphatic carbocycles. The average Bonchev–Trinajstić information content (AvgIpc) is 2.36. The van der Waals surface area contributed by atoms with Crippen molar-refractivity contribution in [2.75, 3.05) is 6.54 Å². The molecule has 0 saturated carbocycles. The first-order chi connectivity index (χ1) is 9.75. The van der Waals surface area contributed by atoms with Crippen molar-refractivity contribution in [3.8, 4) is 0 Å². The number of aliphatic carboxylic acids is 1. The van der Waals surface area contributed by atoms with E-state index < -0.39 is 12.0 Å². The van der Waals surface area contributed by atoms with Crippen LogP contribution in [0.15, 0.2) is 0 Å². The monoisotopic (exact) mass is 296 g/mol. The lowest BCUT2D eigenvalue weighted by atomic mass is 9.76. The van der Waals surface area contributed by atoms with Crippen molar-refractivity contribution < 1.29 is 14.7 Å². The van der Waals surface area contributed by atoms with Crippen molar-refractivity contribution in [3.63, 3.8) is 0 Å². The van der Waals surface area contributed by atoms with Gasteiger partial charge in [0.2, 0.25) is 0 Å². The van der Waals surface area contributed by atoms with E-state index in [4.69, 9.17) is 0 Å². The predicted molar refractivity (Wildman–Crippen MR) is 81.2 cm³/mol. The number of carbonyl (C=O) groups is 2. The molecule has 2 fully saturated rings. The molecule has 0 bridgehead atoms. The molecule has 5 heteroatoms. The number of likely N-dealkylation sites (tertiary alicyclic amines) is 2. The third-order valence-corrected chi connectivity index (χ3v) is 5.17. The van der Waals surface area contributed by atoms with Crippen LogP contribution in [0, 0.1) is 5.41 Å². The Kier molecular flexibility index (Phi) is 4.49. The van der Waals surface area contributed by atoms with Crippen LogP contribution in [0.2, 0.25) is 0 Å². The summed E-state index contributed by atoms with van der Waals surface area (Å²) in [6.45, 7) is 8.59. The van der Waals surface area contributed by atoms with Crippen molar-refractivity contribution in [1.29, 1.82) is 0 Å². The maximum atomic E-state index is 13.0. The molecule has 3 unspecified atom stereocenters. The number of carbonyl (C=O) groups excluding carboxylic acids is 1. The average molecular weight is 296 g/mol. The first-order valence-electron chi connectivity index (χ1n) is 8.07. The van der Waals surface area contributed by atoms with Crippen LogP contribution in [-0.2, 0) is 4.79 Å². The van der Waals surface area contributed by atoms with Gasteiger partial charge in [0.15, 0.2) is 0 Å². The van der Waals surface area contributed by atoms with Crippen LogP contribution >= 0.6 is 0 Å². The van der Waals surface area contributed by atoms with E-state index in [1.54, 1.807) is 4.90 Å². The van der Waals surface area contributed by atoms with Gasteiger partial charge < -0.3 is 14.9 Å². The number of piperidine rings is 2. The van der Waals surface area contributed by atoms with E-state index >= 15 is 0 Å². The summed E-state index contributed by atoms with van der Waals surface area (Å²) in [5.41, 5.74) is -0.373. The third kappa shape index (κ3) is 3.01. The van der Waals surface area contributed by atoms with Gasteiger partial charge in [0.05, 0.1) is 0 Å². The third-order valence-electron chi connectivity index (χ3n) is 5.17. The Morgan fingerprint density at radius 1 is 1.10 bits per heavy atom. The van der Waals surface area contributed by atoms with E-state index in [9.17, 15) is 14.7 Å². The number of rotatable bonds is 1. The lowest BCUT2D eigenvalue weighted by molar-refractivity contribution is -0.149. The summed E-state index contributed by atoms with van der Waals surface area (Å²) in [7, 11) is 0. The Labute approximate surface area is 127 Å². The van der Waals surface area contributed by atoms with Crippen molar-refractivity contribution in [1.82, 2.24) is 9.80 Å². The maximum Gasteiger partial charge on any atom is 0.327 e. The quantitative estimate of drug-likeness (QED) is 0.809. The zero-order valence-electron chi connectivity index (χ0n) is 13.6. The molecule has 0 radical (unpaired) electrons. The molecule has 21 heavy (non-hydrogen) atoms. The largest absolute Gasteiger partial charge is 0.480 e. The molecule has 2 saturated heterocycles. The second-order valence-corrected chi connectivity index (χ2v) is 7.35. The van der Waals surface area contributed by atoms with E-state index in [1.807, 2.05) is 18.7 Å². The Bertz CT molecular complexity index is 412. The maximum absolute atomic E-state index is 13.0. The fraction of sp³-hybridized carbons (Fsp3) is 0.875. The molecule has 120 valence electrons. The second-order valence-electron chi connectivity index (χ2n) is 7.35. The summed E-state index contributed by atoms with van der Waals surface area (Å²) < 4.78 is 0. The molecule has 3 atom stereocenters. The summed E-state index contributed by atoms with van der Waals surface area (Å²) in [5, 5.41) is 9.61. The Morgan fingerprint density at radius 3 is 2.19 bits per heavy atom. The van der Waals surface area contributed by atoms with Gasteiger partial charge in [-0.3, -0.25) is 0 Å². The summed E-state index contributed by atoms with van der Waals surface area (Å²) in [6, 6.07) is -0.420. The van der Waals surface area contributed by atoms with Crippen LogP contribution < -0.4 is 0 Å². The molecule has 2 aliphatic rings. The normalized spacial score (nSPS) is 32.9. The van der Waals surface area contributed by atoms with Gasteiger partial charge >= 0.3 is 12.0 Å². The number of carboxylic acids is 1. The highest BCUT2D eigenvalue weighted by Crippen LogP contribution is 2.37. The zero-order valence-corrected chi connectivity index (χ0v) is 13.6. The van der Waals surface area contributed by atoms with Gasteiger partial charge in [-0.2, -0.15) is 0 Å². The SMILES string of the molecule is CC1CCCC(C)N1C(=O)N1CCCC(C)(C)C1C(=O)O. The smallest absolute Gasteiger partial charge is 0.327 e. The van der Waals surface area contributed by atoms with E-state index in [2.05, 4.69) is 13.8 Å². The number of hydrogen-bond donors (Lipinski definition) is 1. The zero-order chi connectivity index (χ0) is 15.8. The van der Waals surface area contributed by atoms with Crippen LogP contribution in [0.1, 0.15) is 59.8 Å². The highest BCUT2D eigenvalue weighted by atomic mass is 16.4. The summed E-state index contributed by atoms with van der Waals surface area (Å²) in [6.07, 6.45) is 4.87. The molecule has 2 aliphatic heterocycles. The van der Waals surface area contributed by atoms with Gasteiger partial charge in [-0.05, 0) is 51.4 Å². The molecule has 5 nitrogen and oxygen atoms in total. The summed E-state index contributed by atoms with van der Waals surface area (Å²) >= 11 is 0. The number of amides is 2. The van der Waals surface area contributed by atoms with Gasteiger partial charge in [0, 0.05) is 18.6 Å². The van der Waals surface area contributed by atoms with Crippen molar-refractivity contribution >= 4 is 12.0 Å². The van der Waals surface area contributed by atoms with Gasteiger partial charge in [-0.1, -0.05) is 13.8 Å². The van der Waals surface area contributed by atoms with Gasteiger partial charge in [-0.15, -0.1) is 0 Å². The topological polar surface area (TPSA) is 60.9 Å². The van der Waals surface area contributed by atoms with E-state index in [-0.39, 0.29) is 23.5 Å². The molecule has 2 rings (SSSR count). The van der Waals surface area contributed by atoms with Crippen LogP contribution in [0.4, 0.5) is 4.79 Å².